The highest BCUT2D eigenvalue weighted by atomic mass is 35.5. The molecule has 1 saturated heterocycles. The van der Waals surface area contributed by atoms with Crippen molar-refractivity contribution in [2.24, 2.45) is 0 Å². The standard InChI is InChI=1S/C31H28ClN3O2/c32-26-17-15-25(16-18-26)31(37)35-21-19-34(20-22-35)28-14-8-7-13-27(28)33-30(36)29(23-9-3-1-4-10-23)24-11-5-2-6-12-24/h1-18,29H,19-22H2,(H,33,36). The van der Waals surface area contributed by atoms with Crippen molar-refractivity contribution in [1.82, 2.24) is 4.90 Å². The monoisotopic (exact) mass is 509 g/mol. The summed E-state index contributed by atoms with van der Waals surface area (Å²) in [6, 6.07) is 34.5. The first-order valence-corrected chi connectivity index (χ1v) is 12.8. The number of piperazine rings is 1. The summed E-state index contributed by atoms with van der Waals surface area (Å²) in [5, 5.41) is 3.81. The number of anilines is 2. The van der Waals surface area contributed by atoms with Crippen LogP contribution in [0, 0.1) is 0 Å². The van der Waals surface area contributed by atoms with Gasteiger partial charge in [-0.25, -0.2) is 0 Å². The molecule has 0 saturated carbocycles. The molecule has 0 unspecified atom stereocenters. The van der Waals surface area contributed by atoms with Gasteiger partial charge in [0, 0.05) is 36.8 Å². The molecule has 2 amide bonds. The maximum atomic E-state index is 13.7. The molecule has 1 N–H and O–H groups in total. The number of rotatable bonds is 6. The predicted octanol–water partition coefficient (Wildman–Crippen LogP) is 6.07. The van der Waals surface area contributed by atoms with E-state index in [1.165, 1.54) is 0 Å². The second kappa shape index (κ2) is 11.3. The van der Waals surface area contributed by atoms with E-state index < -0.39 is 5.92 Å². The normalized spacial score (nSPS) is 13.5. The smallest absolute Gasteiger partial charge is 0.253 e. The van der Waals surface area contributed by atoms with Crippen LogP contribution in [0.5, 0.6) is 0 Å². The molecule has 186 valence electrons. The molecule has 0 aromatic heterocycles. The maximum absolute atomic E-state index is 13.7. The van der Waals surface area contributed by atoms with Gasteiger partial charge in [0.15, 0.2) is 0 Å². The Labute approximate surface area is 222 Å². The van der Waals surface area contributed by atoms with Crippen LogP contribution in [-0.2, 0) is 4.79 Å². The first-order chi connectivity index (χ1) is 18.1. The Morgan fingerprint density at radius 1 is 0.676 bits per heavy atom. The lowest BCUT2D eigenvalue weighted by molar-refractivity contribution is -0.116. The number of carbonyl (C=O) groups is 2. The van der Waals surface area contributed by atoms with Gasteiger partial charge in [-0.15, -0.1) is 0 Å². The van der Waals surface area contributed by atoms with Crippen LogP contribution in [-0.4, -0.2) is 42.9 Å². The van der Waals surface area contributed by atoms with Crippen LogP contribution >= 0.6 is 11.6 Å². The van der Waals surface area contributed by atoms with E-state index in [0.717, 1.165) is 22.5 Å². The Balaban J connectivity index is 1.32. The van der Waals surface area contributed by atoms with Crippen LogP contribution in [0.15, 0.2) is 109 Å². The molecule has 0 bridgehead atoms. The van der Waals surface area contributed by atoms with E-state index in [1.807, 2.05) is 89.8 Å². The zero-order valence-corrected chi connectivity index (χ0v) is 21.1. The van der Waals surface area contributed by atoms with Gasteiger partial charge < -0.3 is 15.1 Å². The van der Waals surface area contributed by atoms with Gasteiger partial charge in [-0.2, -0.15) is 0 Å². The molecule has 5 rings (SSSR count). The fourth-order valence-corrected chi connectivity index (χ4v) is 4.90. The number of para-hydroxylation sites is 2. The fourth-order valence-electron chi connectivity index (χ4n) is 4.77. The molecule has 4 aromatic carbocycles. The van der Waals surface area contributed by atoms with E-state index in [9.17, 15) is 9.59 Å². The minimum absolute atomic E-state index is 0.00599. The van der Waals surface area contributed by atoms with Gasteiger partial charge in [-0.05, 0) is 47.5 Å². The molecule has 5 nitrogen and oxygen atoms in total. The van der Waals surface area contributed by atoms with Gasteiger partial charge in [0.25, 0.3) is 5.91 Å². The van der Waals surface area contributed by atoms with Gasteiger partial charge in [0.2, 0.25) is 5.91 Å². The van der Waals surface area contributed by atoms with Crippen LogP contribution in [0.4, 0.5) is 11.4 Å². The molecular formula is C31H28ClN3O2. The fraction of sp³-hybridized carbons (Fsp3) is 0.161. The third kappa shape index (κ3) is 5.68. The van der Waals surface area contributed by atoms with E-state index in [1.54, 1.807) is 24.3 Å². The number of nitrogens with one attached hydrogen (secondary N) is 1. The predicted molar refractivity (Wildman–Crippen MR) is 149 cm³/mol. The molecular weight excluding hydrogens is 482 g/mol. The first kappa shape index (κ1) is 24.6. The van der Waals surface area contributed by atoms with Crippen LogP contribution in [0.1, 0.15) is 27.4 Å². The highest BCUT2D eigenvalue weighted by molar-refractivity contribution is 6.30. The molecule has 0 aliphatic carbocycles. The van der Waals surface area contributed by atoms with E-state index in [-0.39, 0.29) is 11.8 Å². The summed E-state index contributed by atoms with van der Waals surface area (Å²) in [7, 11) is 0. The van der Waals surface area contributed by atoms with Crippen LogP contribution < -0.4 is 10.2 Å². The average molecular weight is 510 g/mol. The molecule has 6 heteroatoms. The van der Waals surface area contributed by atoms with Crippen molar-refractivity contribution < 1.29 is 9.59 Å². The van der Waals surface area contributed by atoms with Crippen molar-refractivity contribution in [1.29, 1.82) is 0 Å². The van der Waals surface area contributed by atoms with Gasteiger partial charge in [0.1, 0.15) is 0 Å². The Bertz CT molecular complexity index is 1310. The van der Waals surface area contributed by atoms with E-state index in [2.05, 4.69) is 10.2 Å². The summed E-state index contributed by atoms with van der Waals surface area (Å²) in [6.07, 6.45) is 0. The number of halogens is 1. The van der Waals surface area contributed by atoms with Crippen molar-refractivity contribution in [3.05, 3.63) is 131 Å². The minimum atomic E-state index is -0.427. The van der Waals surface area contributed by atoms with E-state index in [0.29, 0.717) is 36.8 Å². The average Bonchev–Trinajstić information content (AvgIpc) is 2.95. The molecule has 1 aliphatic heterocycles. The van der Waals surface area contributed by atoms with Gasteiger partial charge >= 0.3 is 0 Å². The third-order valence-corrected chi connectivity index (χ3v) is 6.94. The first-order valence-electron chi connectivity index (χ1n) is 12.4. The summed E-state index contributed by atoms with van der Waals surface area (Å²) in [6.45, 7) is 2.54. The molecule has 4 aromatic rings. The second-order valence-electron chi connectivity index (χ2n) is 9.05. The Morgan fingerprint density at radius 3 is 1.81 bits per heavy atom. The zero-order valence-electron chi connectivity index (χ0n) is 20.4. The van der Waals surface area contributed by atoms with Crippen molar-refractivity contribution >= 4 is 34.8 Å². The number of carbonyl (C=O) groups excluding carboxylic acids is 2. The van der Waals surface area contributed by atoms with Gasteiger partial charge in [0.05, 0.1) is 17.3 Å². The highest BCUT2D eigenvalue weighted by Crippen LogP contribution is 2.31. The third-order valence-electron chi connectivity index (χ3n) is 6.69. The summed E-state index contributed by atoms with van der Waals surface area (Å²) in [5.74, 6) is -0.503. The van der Waals surface area contributed by atoms with Crippen molar-refractivity contribution in [3.8, 4) is 0 Å². The van der Waals surface area contributed by atoms with Crippen LogP contribution in [0.25, 0.3) is 0 Å². The SMILES string of the molecule is O=C(Nc1ccccc1N1CCN(C(=O)c2ccc(Cl)cc2)CC1)C(c1ccccc1)c1ccccc1. The lowest BCUT2D eigenvalue weighted by Crippen LogP contribution is -2.49. The van der Waals surface area contributed by atoms with Crippen molar-refractivity contribution in [3.63, 3.8) is 0 Å². The van der Waals surface area contributed by atoms with E-state index in [4.69, 9.17) is 11.6 Å². The molecule has 1 fully saturated rings. The summed E-state index contributed by atoms with van der Waals surface area (Å²) in [5.41, 5.74) is 4.24. The van der Waals surface area contributed by atoms with Crippen molar-refractivity contribution in [2.45, 2.75) is 5.92 Å². The van der Waals surface area contributed by atoms with Crippen molar-refractivity contribution in [2.75, 3.05) is 36.4 Å². The summed E-state index contributed by atoms with van der Waals surface area (Å²) < 4.78 is 0. The quantitative estimate of drug-likeness (QED) is 0.343. The van der Waals surface area contributed by atoms with Crippen LogP contribution in [0.3, 0.4) is 0 Å². The molecule has 0 spiro atoms. The zero-order chi connectivity index (χ0) is 25.6. The number of nitrogens with zero attached hydrogens (tertiary/aromatic N) is 2. The maximum Gasteiger partial charge on any atom is 0.253 e. The topological polar surface area (TPSA) is 52.7 Å². The number of hydrogen-bond acceptors (Lipinski definition) is 3. The number of benzene rings is 4. The van der Waals surface area contributed by atoms with Crippen LogP contribution in [0.2, 0.25) is 5.02 Å². The summed E-state index contributed by atoms with van der Waals surface area (Å²) >= 11 is 5.97. The van der Waals surface area contributed by atoms with E-state index >= 15 is 0 Å². The lowest BCUT2D eigenvalue weighted by Gasteiger charge is -2.37. The largest absolute Gasteiger partial charge is 0.366 e. The van der Waals surface area contributed by atoms with Gasteiger partial charge in [-0.1, -0.05) is 84.4 Å². The molecule has 1 heterocycles. The minimum Gasteiger partial charge on any atom is -0.366 e. The number of amides is 2. The number of hydrogen-bond donors (Lipinski definition) is 1. The highest BCUT2D eigenvalue weighted by Gasteiger charge is 2.26. The lowest BCUT2D eigenvalue weighted by atomic mass is 9.90. The molecule has 37 heavy (non-hydrogen) atoms. The molecule has 1 aliphatic rings. The second-order valence-corrected chi connectivity index (χ2v) is 9.48. The van der Waals surface area contributed by atoms with Gasteiger partial charge in [-0.3, -0.25) is 9.59 Å². The Morgan fingerprint density at radius 2 is 1.22 bits per heavy atom. The molecule has 0 radical (unpaired) electrons. The summed E-state index contributed by atoms with van der Waals surface area (Å²) in [4.78, 5) is 30.7. The molecule has 0 atom stereocenters. The Hall–Kier alpha value is -4.09. The Kier molecular flexibility index (Phi) is 7.52.